The highest BCUT2D eigenvalue weighted by Gasteiger charge is 2.28. The van der Waals surface area contributed by atoms with Gasteiger partial charge in [-0.15, -0.1) is 0 Å². The molecule has 1 aliphatic rings. The second-order valence-electron chi connectivity index (χ2n) is 8.77. The van der Waals surface area contributed by atoms with Crippen LogP contribution in [0.1, 0.15) is 57.5 Å². The molecule has 1 saturated heterocycles. The number of ether oxygens (including phenoxy) is 1. The largest absolute Gasteiger partial charge is 0.496 e. The summed E-state index contributed by atoms with van der Waals surface area (Å²) in [6.07, 6.45) is 1.92. The lowest BCUT2D eigenvalue weighted by atomic mass is 9.93. The molecule has 0 spiro atoms. The van der Waals surface area contributed by atoms with Crippen molar-refractivity contribution >= 4 is 17.5 Å². The number of aryl methyl sites for hydroxylation is 4. The monoisotopic (exact) mass is 445 g/mol. The third-order valence-corrected chi connectivity index (χ3v) is 5.98. The Morgan fingerprint density at radius 3 is 2.48 bits per heavy atom. The maximum atomic E-state index is 13.3. The van der Waals surface area contributed by atoms with Gasteiger partial charge in [-0.05, 0) is 70.4 Å². The molecule has 1 fully saturated rings. The van der Waals surface area contributed by atoms with Crippen LogP contribution in [0.4, 0.5) is 11.6 Å². The van der Waals surface area contributed by atoms with Gasteiger partial charge in [-0.3, -0.25) is 9.78 Å². The Kier molecular flexibility index (Phi) is 6.58. The molecule has 1 N–H and O–H groups in total. The van der Waals surface area contributed by atoms with Crippen LogP contribution in [-0.4, -0.2) is 46.0 Å². The van der Waals surface area contributed by atoms with Crippen molar-refractivity contribution in [1.82, 2.24) is 19.9 Å². The van der Waals surface area contributed by atoms with E-state index < -0.39 is 0 Å². The first-order chi connectivity index (χ1) is 15.8. The molecule has 172 valence electrons. The van der Waals surface area contributed by atoms with Crippen molar-refractivity contribution in [1.29, 1.82) is 0 Å². The quantitative estimate of drug-likeness (QED) is 0.603. The molecular formula is C26H31N5O2. The second-order valence-corrected chi connectivity index (χ2v) is 8.77. The number of pyridine rings is 1. The fourth-order valence-electron chi connectivity index (χ4n) is 4.55. The minimum absolute atomic E-state index is 0.00916. The summed E-state index contributed by atoms with van der Waals surface area (Å²) in [6, 6.07) is 11.7. The molecule has 4 rings (SSSR count). The van der Waals surface area contributed by atoms with E-state index in [2.05, 4.69) is 21.4 Å². The predicted molar refractivity (Wildman–Crippen MR) is 129 cm³/mol. The van der Waals surface area contributed by atoms with Crippen LogP contribution in [0.25, 0.3) is 0 Å². The van der Waals surface area contributed by atoms with Gasteiger partial charge in [0.25, 0.3) is 5.91 Å². The molecule has 33 heavy (non-hydrogen) atoms. The first-order valence-corrected chi connectivity index (χ1v) is 11.3. The number of rotatable bonds is 5. The number of likely N-dealkylation sites (tertiary alicyclic amines) is 1. The molecule has 2 aromatic heterocycles. The first-order valence-electron chi connectivity index (χ1n) is 11.3. The number of benzene rings is 1. The normalized spacial score (nSPS) is 15.9. The zero-order chi connectivity index (χ0) is 23.5. The smallest absolute Gasteiger partial charge is 0.257 e. The number of anilines is 2. The molecule has 3 heterocycles. The Hall–Kier alpha value is -3.48. The van der Waals surface area contributed by atoms with E-state index in [0.717, 1.165) is 53.4 Å². The van der Waals surface area contributed by atoms with E-state index >= 15 is 0 Å². The minimum Gasteiger partial charge on any atom is -0.496 e. The Bertz CT molecular complexity index is 1160. The molecular weight excluding hydrogens is 414 g/mol. The number of methoxy groups -OCH3 is 1. The molecule has 1 atom stereocenters. The number of amides is 1. The average Bonchev–Trinajstić information content (AvgIpc) is 2.77. The van der Waals surface area contributed by atoms with E-state index in [1.807, 2.05) is 62.9 Å². The van der Waals surface area contributed by atoms with Crippen molar-refractivity contribution in [3.05, 3.63) is 70.3 Å². The summed E-state index contributed by atoms with van der Waals surface area (Å²) in [5.74, 6) is 1.41. The maximum Gasteiger partial charge on any atom is 0.257 e. The van der Waals surface area contributed by atoms with Crippen molar-refractivity contribution in [2.45, 2.75) is 46.5 Å². The van der Waals surface area contributed by atoms with Crippen LogP contribution in [0.3, 0.4) is 0 Å². The van der Waals surface area contributed by atoms with Gasteiger partial charge in [-0.1, -0.05) is 12.1 Å². The first kappa shape index (κ1) is 22.7. The van der Waals surface area contributed by atoms with E-state index in [-0.39, 0.29) is 11.8 Å². The highest BCUT2D eigenvalue weighted by molar-refractivity contribution is 5.97. The second kappa shape index (κ2) is 9.57. The van der Waals surface area contributed by atoms with Crippen molar-refractivity contribution in [3.63, 3.8) is 0 Å². The highest BCUT2D eigenvalue weighted by Crippen LogP contribution is 2.31. The summed E-state index contributed by atoms with van der Waals surface area (Å²) < 4.78 is 5.52. The minimum atomic E-state index is 0.00916. The average molecular weight is 446 g/mol. The number of carbonyl (C=O) groups excluding carboxylic acids is 1. The fourth-order valence-corrected chi connectivity index (χ4v) is 4.55. The number of piperidine rings is 1. The summed E-state index contributed by atoms with van der Waals surface area (Å²) in [4.78, 5) is 29.0. The number of hydrogen-bond donors (Lipinski definition) is 1. The molecule has 0 unspecified atom stereocenters. The number of nitrogens with zero attached hydrogens (tertiary/aromatic N) is 4. The predicted octanol–water partition coefficient (Wildman–Crippen LogP) is 4.88. The van der Waals surface area contributed by atoms with Crippen molar-refractivity contribution < 1.29 is 9.53 Å². The van der Waals surface area contributed by atoms with Crippen LogP contribution in [0.2, 0.25) is 0 Å². The van der Waals surface area contributed by atoms with Crippen LogP contribution in [-0.2, 0) is 0 Å². The lowest BCUT2D eigenvalue weighted by Gasteiger charge is -2.33. The zero-order valence-corrected chi connectivity index (χ0v) is 20.0. The molecule has 0 bridgehead atoms. The third kappa shape index (κ3) is 5.13. The maximum absolute atomic E-state index is 13.3. The number of nitrogens with one attached hydrogen (secondary N) is 1. The Morgan fingerprint density at radius 1 is 1.03 bits per heavy atom. The summed E-state index contributed by atoms with van der Waals surface area (Å²) in [5, 5.41) is 3.33. The van der Waals surface area contributed by atoms with Gasteiger partial charge < -0.3 is 15.0 Å². The van der Waals surface area contributed by atoms with Crippen LogP contribution in [0.15, 0.2) is 36.4 Å². The molecule has 0 aliphatic carbocycles. The molecule has 0 saturated carbocycles. The number of carbonyl (C=O) groups is 1. The SMILES string of the molecule is COc1c(C)cccc1C(=O)N1CCC[C@@H](c2cc(Nc3nc(C)cc(C)n3)cc(C)n2)C1. The molecule has 1 aliphatic heterocycles. The number of hydrogen-bond acceptors (Lipinski definition) is 6. The van der Waals surface area contributed by atoms with Gasteiger partial charge in [0.2, 0.25) is 5.95 Å². The third-order valence-electron chi connectivity index (χ3n) is 5.98. The Morgan fingerprint density at radius 2 is 1.76 bits per heavy atom. The number of aromatic nitrogens is 3. The molecule has 0 radical (unpaired) electrons. The van der Waals surface area contributed by atoms with Crippen LogP contribution in [0, 0.1) is 27.7 Å². The Labute approximate surface area is 195 Å². The van der Waals surface area contributed by atoms with Crippen molar-refractivity contribution in [3.8, 4) is 5.75 Å². The Balaban J connectivity index is 1.56. The highest BCUT2D eigenvalue weighted by atomic mass is 16.5. The fraction of sp³-hybridized carbons (Fsp3) is 0.385. The summed E-state index contributed by atoms with van der Waals surface area (Å²) in [6.45, 7) is 9.23. The van der Waals surface area contributed by atoms with Crippen molar-refractivity contribution in [2.75, 3.05) is 25.5 Å². The summed E-state index contributed by atoms with van der Waals surface area (Å²) >= 11 is 0. The standard InChI is InChI=1S/C26H31N5O2/c1-16-8-6-10-22(24(16)33-5)25(32)31-11-7-9-20(15-31)23-14-21(13-19(4)27-23)30-26-28-17(2)12-18(3)29-26/h6,8,10,12-14,20H,7,9,11,15H2,1-5H3,(H,27,28,29,30)/t20-/m1/s1. The molecule has 7 nitrogen and oxygen atoms in total. The lowest BCUT2D eigenvalue weighted by Crippen LogP contribution is -2.39. The molecule has 3 aromatic rings. The zero-order valence-electron chi connectivity index (χ0n) is 20.0. The van der Waals surface area contributed by atoms with Gasteiger partial charge in [-0.2, -0.15) is 0 Å². The van der Waals surface area contributed by atoms with Crippen molar-refractivity contribution in [2.24, 2.45) is 0 Å². The lowest BCUT2D eigenvalue weighted by molar-refractivity contribution is 0.0702. The van der Waals surface area contributed by atoms with E-state index in [0.29, 0.717) is 23.8 Å². The molecule has 1 amide bonds. The van der Waals surface area contributed by atoms with Gasteiger partial charge in [0.1, 0.15) is 5.75 Å². The summed E-state index contributed by atoms with van der Waals surface area (Å²) in [5.41, 5.74) is 6.23. The van der Waals surface area contributed by atoms with Gasteiger partial charge in [0.05, 0.1) is 12.7 Å². The van der Waals surface area contributed by atoms with Crippen LogP contribution < -0.4 is 10.1 Å². The van der Waals surface area contributed by atoms with Gasteiger partial charge in [-0.25, -0.2) is 9.97 Å². The van der Waals surface area contributed by atoms with Crippen LogP contribution >= 0.6 is 0 Å². The topological polar surface area (TPSA) is 80.2 Å². The van der Waals surface area contributed by atoms with Crippen LogP contribution in [0.5, 0.6) is 5.75 Å². The van der Waals surface area contributed by atoms with E-state index in [1.165, 1.54) is 0 Å². The van der Waals surface area contributed by atoms with E-state index in [9.17, 15) is 4.79 Å². The van der Waals surface area contributed by atoms with E-state index in [1.54, 1.807) is 7.11 Å². The van der Waals surface area contributed by atoms with E-state index in [4.69, 9.17) is 9.72 Å². The molecule has 1 aromatic carbocycles. The van der Waals surface area contributed by atoms with Gasteiger partial charge in [0.15, 0.2) is 0 Å². The summed E-state index contributed by atoms with van der Waals surface area (Å²) in [7, 11) is 1.61. The van der Waals surface area contributed by atoms with Gasteiger partial charge in [0, 0.05) is 47.5 Å². The number of para-hydroxylation sites is 1. The molecule has 7 heteroatoms. The van der Waals surface area contributed by atoms with Gasteiger partial charge >= 0.3 is 0 Å².